The van der Waals surface area contributed by atoms with Gasteiger partial charge in [-0.2, -0.15) is 0 Å². The Hall–Kier alpha value is -2.56. The van der Waals surface area contributed by atoms with Crippen molar-refractivity contribution in [1.82, 2.24) is 9.55 Å². The average molecular weight is 284 g/mol. The lowest BCUT2D eigenvalue weighted by atomic mass is 10.2. The van der Waals surface area contributed by atoms with Gasteiger partial charge in [-0.15, -0.1) is 0 Å². The third-order valence-corrected chi connectivity index (χ3v) is 3.67. The zero-order chi connectivity index (χ0) is 15.0. The molecule has 0 fully saturated rings. The van der Waals surface area contributed by atoms with Gasteiger partial charge in [0.15, 0.2) is 0 Å². The highest BCUT2D eigenvalue weighted by atomic mass is 16.4. The normalized spacial score (nSPS) is 12.7. The lowest BCUT2D eigenvalue weighted by Gasteiger charge is -2.15. The summed E-state index contributed by atoms with van der Waals surface area (Å²) >= 11 is 0. The molecule has 2 heterocycles. The highest BCUT2D eigenvalue weighted by Gasteiger charge is 2.19. The number of carbonyl (C=O) groups is 1. The number of aromatic carboxylic acids is 1. The first kappa shape index (κ1) is 13.4. The molecule has 0 amide bonds. The van der Waals surface area contributed by atoms with Crippen LogP contribution >= 0.6 is 0 Å². The lowest BCUT2D eigenvalue weighted by molar-refractivity contribution is 0.0697. The minimum Gasteiger partial charge on any atom is -0.478 e. The molecule has 2 aromatic heterocycles. The number of nitrogens with zero attached hydrogens (tertiary/aromatic N) is 2. The maximum Gasteiger partial charge on any atom is 0.335 e. The summed E-state index contributed by atoms with van der Waals surface area (Å²) in [6.45, 7) is 4.08. The van der Waals surface area contributed by atoms with Crippen molar-refractivity contribution in [2.24, 2.45) is 0 Å². The van der Waals surface area contributed by atoms with E-state index < -0.39 is 5.97 Å². The third kappa shape index (κ3) is 2.20. The van der Waals surface area contributed by atoms with Gasteiger partial charge in [0.05, 0.1) is 28.9 Å². The van der Waals surface area contributed by atoms with Crippen molar-refractivity contribution in [1.29, 1.82) is 0 Å². The Bertz CT molecular complexity index is 787. The Kier molecular flexibility index (Phi) is 3.25. The fourth-order valence-corrected chi connectivity index (χ4v) is 2.62. The van der Waals surface area contributed by atoms with Crippen molar-refractivity contribution >= 4 is 17.0 Å². The van der Waals surface area contributed by atoms with Gasteiger partial charge in [0.2, 0.25) is 0 Å². The number of furan rings is 1. The summed E-state index contributed by atoms with van der Waals surface area (Å²) in [7, 11) is 0. The number of hydrogen-bond acceptors (Lipinski definition) is 3. The van der Waals surface area contributed by atoms with E-state index in [-0.39, 0.29) is 11.6 Å². The molecule has 5 nitrogen and oxygen atoms in total. The summed E-state index contributed by atoms with van der Waals surface area (Å²) in [6, 6.07) is 8.83. The minimum atomic E-state index is -0.941. The van der Waals surface area contributed by atoms with Crippen LogP contribution in [0.4, 0.5) is 0 Å². The van der Waals surface area contributed by atoms with Crippen LogP contribution in [0.5, 0.6) is 0 Å². The van der Waals surface area contributed by atoms with Crippen LogP contribution in [-0.4, -0.2) is 20.6 Å². The predicted octanol–water partition coefficient (Wildman–Crippen LogP) is 3.50. The smallest absolute Gasteiger partial charge is 0.335 e. The highest BCUT2D eigenvalue weighted by molar-refractivity contribution is 5.92. The maximum absolute atomic E-state index is 11.1. The average Bonchev–Trinajstić information content (AvgIpc) is 3.12. The highest BCUT2D eigenvalue weighted by Crippen LogP contribution is 2.27. The van der Waals surface area contributed by atoms with Gasteiger partial charge in [0.25, 0.3) is 0 Å². The van der Waals surface area contributed by atoms with E-state index in [4.69, 9.17) is 9.52 Å². The Morgan fingerprint density at radius 2 is 2.24 bits per heavy atom. The quantitative estimate of drug-likeness (QED) is 0.796. The summed E-state index contributed by atoms with van der Waals surface area (Å²) in [5, 5.41) is 9.09. The minimum absolute atomic E-state index is 0.00984. The monoisotopic (exact) mass is 284 g/mol. The van der Waals surface area contributed by atoms with Crippen molar-refractivity contribution in [2.45, 2.75) is 26.3 Å². The van der Waals surface area contributed by atoms with Crippen LogP contribution in [0.3, 0.4) is 0 Å². The summed E-state index contributed by atoms with van der Waals surface area (Å²) in [5.41, 5.74) is 1.87. The van der Waals surface area contributed by atoms with Crippen molar-refractivity contribution in [3.05, 3.63) is 53.7 Å². The SMILES string of the molecule is CCc1nc2cc(C(=O)O)ccc2n1C(C)c1ccco1. The van der Waals surface area contributed by atoms with Gasteiger partial charge in [-0.25, -0.2) is 9.78 Å². The van der Waals surface area contributed by atoms with Crippen LogP contribution in [0.15, 0.2) is 41.0 Å². The molecule has 0 saturated heterocycles. The van der Waals surface area contributed by atoms with Crippen LogP contribution in [0, 0.1) is 0 Å². The van der Waals surface area contributed by atoms with Gasteiger partial charge in [-0.1, -0.05) is 6.92 Å². The van der Waals surface area contributed by atoms with E-state index in [0.717, 1.165) is 23.5 Å². The molecule has 0 aliphatic rings. The van der Waals surface area contributed by atoms with Gasteiger partial charge in [0, 0.05) is 6.42 Å². The topological polar surface area (TPSA) is 68.3 Å². The number of rotatable bonds is 4. The molecule has 1 N–H and O–H groups in total. The first-order valence-electron chi connectivity index (χ1n) is 6.89. The second-order valence-electron chi connectivity index (χ2n) is 4.95. The standard InChI is InChI=1S/C16H16N2O3/c1-3-15-17-12-9-11(16(19)20)6-7-13(12)18(15)10(2)14-5-4-8-21-14/h4-10H,3H2,1-2H3,(H,19,20). The Labute approximate surface area is 121 Å². The molecule has 1 aromatic carbocycles. The third-order valence-electron chi connectivity index (χ3n) is 3.67. The molecule has 3 aromatic rings. The van der Waals surface area contributed by atoms with Crippen molar-refractivity contribution in [2.75, 3.05) is 0 Å². The van der Waals surface area contributed by atoms with Gasteiger partial charge >= 0.3 is 5.97 Å². The molecule has 21 heavy (non-hydrogen) atoms. The predicted molar refractivity (Wildman–Crippen MR) is 78.6 cm³/mol. The first-order valence-corrected chi connectivity index (χ1v) is 6.89. The Morgan fingerprint density at radius 1 is 1.43 bits per heavy atom. The number of imidazole rings is 1. The van der Waals surface area contributed by atoms with Crippen molar-refractivity contribution < 1.29 is 14.3 Å². The van der Waals surface area contributed by atoms with Crippen molar-refractivity contribution in [3.63, 3.8) is 0 Å². The Balaban J connectivity index is 2.19. The molecule has 1 atom stereocenters. The molecule has 1 unspecified atom stereocenters. The molecule has 0 bridgehead atoms. The number of aryl methyl sites for hydroxylation is 1. The zero-order valence-corrected chi connectivity index (χ0v) is 11.9. The van der Waals surface area contributed by atoms with E-state index in [2.05, 4.69) is 9.55 Å². The van der Waals surface area contributed by atoms with E-state index >= 15 is 0 Å². The Morgan fingerprint density at radius 3 is 2.86 bits per heavy atom. The van der Waals surface area contributed by atoms with Gasteiger partial charge < -0.3 is 14.1 Å². The fourth-order valence-electron chi connectivity index (χ4n) is 2.62. The number of carboxylic acids is 1. The molecule has 0 aliphatic carbocycles. The molecule has 0 saturated carbocycles. The molecule has 5 heteroatoms. The number of hydrogen-bond donors (Lipinski definition) is 1. The zero-order valence-electron chi connectivity index (χ0n) is 11.9. The number of fused-ring (bicyclic) bond motifs is 1. The largest absolute Gasteiger partial charge is 0.478 e. The summed E-state index contributed by atoms with van der Waals surface area (Å²) in [6.07, 6.45) is 2.42. The van der Waals surface area contributed by atoms with E-state index in [0.29, 0.717) is 5.52 Å². The lowest BCUT2D eigenvalue weighted by Crippen LogP contribution is -2.09. The first-order chi connectivity index (χ1) is 10.1. The number of carboxylic acid groups (broad SMARTS) is 1. The molecule has 0 aliphatic heterocycles. The van der Waals surface area contributed by atoms with Gasteiger partial charge in [0.1, 0.15) is 11.6 Å². The molecule has 3 rings (SSSR count). The fraction of sp³-hybridized carbons (Fsp3) is 0.250. The summed E-state index contributed by atoms with van der Waals surface area (Å²) in [5.74, 6) is 0.825. The van der Waals surface area contributed by atoms with Crippen LogP contribution < -0.4 is 0 Å². The molecule has 0 spiro atoms. The second-order valence-corrected chi connectivity index (χ2v) is 4.95. The van der Waals surface area contributed by atoms with E-state index in [9.17, 15) is 4.79 Å². The van der Waals surface area contributed by atoms with E-state index in [1.165, 1.54) is 0 Å². The van der Waals surface area contributed by atoms with Crippen LogP contribution in [0.1, 0.15) is 41.8 Å². The van der Waals surface area contributed by atoms with Crippen LogP contribution in [0.25, 0.3) is 11.0 Å². The van der Waals surface area contributed by atoms with Crippen molar-refractivity contribution in [3.8, 4) is 0 Å². The number of aromatic nitrogens is 2. The molecular formula is C16H16N2O3. The molecule has 108 valence electrons. The van der Waals surface area contributed by atoms with E-state index in [1.54, 1.807) is 18.4 Å². The summed E-state index contributed by atoms with van der Waals surface area (Å²) in [4.78, 5) is 15.6. The second kappa shape index (κ2) is 5.09. The van der Waals surface area contributed by atoms with Crippen LogP contribution in [-0.2, 0) is 6.42 Å². The number of benzene rings is 1. The summed E-state index contributed by atoms with van der Waals surface area (Å²) < 4.78 is 7.58. The van der Waals surface area contributed by atoms with Gasteiger partial charge in [-0.3, -0.25) is 0 Å². The van der Waals surface area contributed by atoms with E-state index in [1.807, 2.05) is 32.0 Å². The maximum atomic E-state index is 11.1. The van der Waals surface area contributed by atoms with Gasteiger partial charge in [-0.05, 0) is 37.3 Å². The molecular weight excluding hydrogens is 268 g/mol. The molecule has 0 radical (unpaired) electrons. The van der Waals surface area contributed by atoms with Crippen LogP contribution in [0.2, 0.25) is 0 Å².